The monoisotopic (exact) mass is 435 g/mol. The van der Waals surface area contributed by atoms with Crippen LogP contribution in [0.15, 0.2) is 26.3 Å². The highest BCUT2D eigenvalue weighted by Gasteiger charge is 2.21. The van der Waals surface area contributed by atoms with Crippen molar-refractivity contribution < 1.29 is 14.3 Å². The molecule has 1 rings (SSSR count). The van der Waals surface area contributed by atoms with Crippen LogP contribution in [-0.2, 0) is 9.53 Å². The van der Waals surface area contributed by atoms with E-state index in [0.717, 1.165) is 14.5 Å². The second-order valence-corrected chi connectivity index (χ2v) is 6.86. The van der Waals surface area contributed by atoms with Crippen LogP contribution >= 0.6 is 31.9 Å². The molecular weight excluding hydrogens is 418 g/mol. The molecule has 5 nitrogen and oxygen atoms in total. The fraction of sp³-hybridized carbons (Fsp3) is 0.533. The summed E-state index contributed by atoms with van der Waals surface area (Å²) in [5.74, 6) is 0.119. The second kappa shape index (κ2) is 9.25. The van der Waals surface area contributed by atoms with Crippen LogP contribution in [0.5, 0.6) is 5.75 Å². The van der Waals surface area contributed by atoms with E-state index in [4.69, 9.17) is 9.47 Å². The highest BCUT2D eigenvalue weighted by Crippen LogP contribution is 2.34. The summed E-state index contributed by atoms with van der Waals surface area (Å²) in [6.07, 6.45) is 0.569. The Hall–Kier alpha value is -0.950. The highest BCUT2D eigenvalue weighted by atomic mass is 79.9. The van der Waals surface area contributed by atoms with Crippen LogP contribution in [0.4, 0.5) is 0 Å². The van der Waals surface area contributed by atoms with E-state index in [0.29, 0.717) is 25.2 Å². The van der Waals surface area contributed by atoms with Crippen LogP contribution < -0.4 is 4.74 Å². The molecule has 0 amide bonds. The minimum absolute atomic E-state index is 0.257. The van der Waals surface area contributed by atoms with Gasteiger partial charge in [-0.25, -0.2) is 4.79 Å². The number of carbonyl (C=O) groups is 1. The molecule has 1 aromatic rings. The molecule has 0 heterocycles. The predicted molar refractivity (Wildman–Crippen MR) is 92.1 cm³/mol. The lowest BCUT2D eigenvalue weighted by Crippen LogP contribution is -2.24. The van der Waals surface area contributed by atoms with Gasteiger partial charge in [0.15, 0.2) is 6.04 Å². The van der Waals surface area contributed by atoms with Crippen molar-refractivity contribution in [3.63, 3.8) is 0 Å². The van der Waals surface area contributed by atoms with Gasteiger partial charge in [-0.15, -0.1) is 4.91 Å². The third-order valence-corrected chi connectivity index (χ3v) is 3.94. The van der Waals surface area contributed by atoms with Crippen LogP contribution in [0, 0.1) is 11.8 Å². The number of halogens is 2. The van der Waals surface area contributed by atoms with E-state index in [-0.39, 0.29) is 6.10 Å². The average Bonchev–Trinajstić information content (AvgIpc) is 2.40. The fourth-order valence-corrected chi connectivity index (χ4v) is 3.44. The Morgan fingerprint density at radius 1 is 1.27 bits per heavy atom. The number of hydrogen-bond acceptors (Lipinski definition) is 5. The quantitative estimate of drug-likeness (QED) is 0.334. The van der Waals surface area contributed by atoms with Crippen LogP contribution in [0.25, 0.3) is 0 Å². The normalized spacial score (nSPS) is 12.1. The first-order valence-corrected chi connectivity index (χ1v) is 8.55. The summed E-state index contributed by atoms with van der Waals surface area (Å²) in [5.41, 5.74) is 1.10. The van der Waals surface area contributed by atoms with Gasteiger partial charge in [-0.1, -0.05) is 5.18 Å². The van der Waals surface area contributed by atoms with Crippen molar-refractivity contribution in [2.75, 3.05) is 6.61 Å². The topological polar surface area (TPSA) is 65.0 Å². The largest absolute Gasteiger partial charge is 0.491 e. The van der Waals surface area contributed by atoms with E-state index in [1.54, 1.807) is 13.8 Å². The molecule has 0 aliphatic carbocycles. The van der Waals surface area contributed by atoms with Crippen molar-refractivity contribution in [1.29, 1.82) is 0 Å². The van der Waals surface area contributed by atoms with Gasteiger partial charge in [-0.05, 0) is 83.2 Å². The molecule has 0 saturated heterocycles. The summed E-state index contributed by atoms with van der Waals surface area (Å²) >= 11 is 6.89. The minimum Gasteiger partial charge on any atom is -0.491 e. The summed E-state index contributed by atoms with van der Waals surface area (Å²) in [4.78, 5) is 22.4. The van der Waals surface area contributed by atoms with Crippen LogP contribution in [-0.4, -0.2) is 24.7 Å². The molecule has 0 aromatic heterocycles. The number of carbonyl (C=O) groups excluding carboxylic acids is 1. The SMILES string of the molecule is Cc1cc(Br)c(OCCCC(N=O)C(=O)OC(C)C)c(Br)c1. The van der Waals surface area contributed by atoms with Gasteiger partial charge in [0.1, 0.15) is 5.75 Å². The number of rotatable bonds is 8. The Morgan fingerprint density at radius 3 is 2.36 bits per heavy atom. The first-order valence-electron chi connectivity index (χ1n) is 6.96. The molecule has 0 saturated carbocycles. The maximum absolute atomic E-state index is 11.6. The van der Waals surface area contributed by atoms with Gasteiger partial charge in [0.05, 0.1) is 21.7 Å². The smallest absolute Gasteiger partial charge is 0.334 e. The van der Waals surface area contributed by atoms with Crippen LogP contribution in [0.3, 0.4) is 0 Å². The number of hydrogen-bond donors (Lipinski definition) is 0. The van der Waals surface area contributed by atoms with Crippen molar-refractivity contribution in [3.8, 4) is 5.75 Å². The standard InChI is InChI=1S/C15H19Br2NO4/c1-9(2)22-15(19)13(18-20)5-4-6-21-14-11(16)7-10(3)8-12(14)17/h7-9,13H,4-6H2,1-3H3. The van der Waals surface area contributed by atoms with Gasteiger partial charge in [-0.3, -0.25) is 0 Å². The number of nitroso groups, excluding NO2 is 1. The van der Waals surface area contributed by atoms with Gasteiger partial charge in [-0.2, -0.15) is 0 Å². The second-order valence-electron chi connectivity index (χ2n) is 5.16. The number of ether oxygens (including phenoxy) is 2. The molecule has 0 spiro atoms. The van der Waals surface area contributed by atoms with E-state index < -0.39 is 12.0 Å². The zero-order chi connectivity index (χ0) is 16.7. The number of nitrogens with zero attached hydrogens (tertiary/aromatic N) is 1. The molecule has 7 heteroatoms. The zero-order valence-electron chi connectivity index (χ0n) is 12.8. The molecule has 1 unspecified atom stereocenters. The third kappa shape index (κ3) is 6.04. The van der Waals surface area contributed by atoms with Gasteiger partial charge in [0.25, 0.3) is 0 Å². The summed E-state index contributed by atoms with van der Waals surface area (Å²) in [7, 11) is 0. The molecule has 0 radical (unpaired) electrons. The molecule has 0 fully saturated rings. The first-order chi connectivity index (χ1) is 10.3. The summed E-state index contributed by atoms with van der Waals surface area (Å²) in [6, 6.07) is 2.93. The molecule has 0 aliphatic rings. The molecule has 1 atom stereocenters. The maximum Gasteiger partial charge on any atom is 0.334 e. The predicted octanol–water partition coefficient (Wildman–Crippen LogP) is 4.77. The van der Waals surface area contributed by atoms with Crippen molar-refractivity contribution in [2.45, 2.75) is 45.8 Å². The Balaban J connectivity index is 2.47. The lowest BCUT2D eigenvalue weighted by molar-refractivity contribution is -0.149. The van der Waals surface area contributed by atoms with Crippen molar-refractivity contribution >= 4 is 37.8 Å². The number of esters is 1. The Bertz CT molecular complexity index is 511. The van der Waals surface area contributed by atoms with Gasteiger partial charge < -0.3 is 9.47 Å². The van der Waals surface area contributed by atoms with E-state index in [1.165, 1.54) is 0 Å². The molecule has 22 heavy (non-hydrogen) atoms. The molecular formula is C15H19Br2NO4. The lowest BCUT2D eigenvalue weighted by Gasteiger charge is -2.13. The molecule has 0 N–H and O–H groups in total. The average molecular weight is 437 g/mol. The van der Waals surface area contributed by atoms with Gasteiger partial charge in [0, 0.05) is 0 Å². The van der Waals surface area contributed by atoms with Gasteiger partial charge in [0.2, 0.25) is 0 Å². The van der Waals surface area contributed by atoms with Crippen molar-refractivity contribution in [2.24, 2.45) is 5.18 Å². The summed E-state index contributed by atoms with van der Waals surface area (Å²) in [6.45, 7) is 5.83. The Kier molecular flexibility index (Phi) is 8.03. The summed E-state index contributed by atoms with van der Waals surface area (Å²) < 4.78 is 12.4. The lowest BCUT2D eigenvalue weighted by atomic mass is 10.2. The minimum atomic E-state index is -0.976. The van der Waals surface area contributed by atoms with E-state index in [9.17, 15) is 9.70 Å². The van der Waals surface area contributed by atoms with E-state index >= 15 is 0 Å². The molecule has 122 valence electrons. The van der Waals surface area contributed by atoms with E-state index in [2.05, 4.69) is 37.0 Å². The zero-order valence-corrected chi connectivity index (χ0v) is 15.9. The Morgan fingerprint density at radius 2 is 1.86 bits per heavy atom. The molecule has 1 aromatic carbocycles. The van der Waals surface area contributed by atoms with Crippen LogP contribution in [0.2, 0.25) is 0 Å². The molecule has 0 bridgehead atoms. The van der Waals surface area contributed by atoms with Crippen molar-refractivity contribution in [1.82, 2.24) is 0 Å². The van der Waals surface area contributed by atoms with Gasteiger partial charge >= 0.3 is 5.97 Å². The van der Waals surface area contributed by atoms with E-state index in [1.807, 2.05) is 19.1 Å². The summed E-state index contributed by atoms with van der Waals surface area (Å²) in [5, 5.41) is 2.83. The third-order valence-electron chi connectivity index (χ3n) is 2.76. The Labute approximate surface area is 147 Å². The highest BCUT2D eigenvalue weighted by molar-refractivity contribution is 9.11. The fourth-order valence-electron chi connectivity index (χ4n) is 1.80. The number of benzene rings is 1. The van der Waals surface area contributed by atoms with Crippen molar-refractivity contribution in [3.05, 3.63) is 31.5 Å². The maximum atomic E-state index is 11.6. The number of aryl methyl sites for hydroxylation is 1. The van der Waals surface area contributed by atoms with Crippen LogP contribution in [0.1, 0.15) is 32.3 Å². The first kappa shape index (κ1) is 19.1. The molecule has 0 aliphatic heterocycles.